The number of carbonyl (C=O) groups excluding carboxylic acids is 1. The third-order valence-corrected chi connectivity index (χ3v) is 5.78. The van der Waals surface area contributed by atoms with Crippen LogP contribution in [0.4, 0.5) is 0 Å². The summed E-state index contributed by atoms with van der Waals surface area (Å²) < 4.78 is 37.8. The third-order valence-electron chi connectivity index (χ3n) is 4.26. The van der Waals surface area contributed by atoms with Crippen molar-refractivity contribution in [2.75, 3.05) is 13.2 Å². The number of nitrogens with one attached hydrogen (secondary N) is 2. The average Bonchev–Trinajstić information content (AvgIpc) is 3.23. The van der Waals surface area contributed by atoms with E-state index in [0.717, 1.165) is 5.56 Å². The fourth-order valence-electron chi connectivity index (χ4n) is 2.74. The topological polar surface area (TPSA) is 111 Å². The first-order valence-electron chi connectivity index (χ1n) is 8.27. The first kappa shape index (κ1) is 18.6. The van der Waals surface area contributed by atoms with Crippen LogP contribution in [0.3, 0.4) is 0 Å². The summed E-state index contributed by atoms with van der Waals surface area (Å²) in [5.74, 6) is 0.272. The Hall–Kier alpha value is -2.23. The molecule has 1 aliphatic rings. The summed E-state index contributed by atoms with van der Waals surface area (Å²) in [6, 6.07) is 5.70. The van der Waals surface area contributed by atoms with Gasteiger partial charge in [-0.1, -0.05) is 11.2 Å². The molecule has 1 saturated heterocycles. The molecule has 1 fully saturated rings. The molecule has 0 spiro atoms. The molecule has 1 unspecified atom stereocenters. The van der Waals surface area contributed by atoms with Crippen molar-refractivity contribution in [3.63, 3.8) is 0 Å². The summed E-state index contributed by atoms with van der Waals surface area (Å²) in [5, 5.41) is 6.60. The van der Waals surface area contributed by atoms with Crippen LogP contribution in [0, 0.1) is 13.8 Å². The van der Waals surface area contributed by atoms with Crippen molar-refractivity contribution in [3.05, 3.63) is 46.8 Å². The number of carbonyl (C=O) groups is 1. The molecule has 2 heterocycles. The summed E-state index contributed by atoms with van der Waals surface area (Å²) in [7, 11) is -3.71. The van der Waals surface area contributed by atoms with Crippen LogP contribution < -0.4 is 10.0 Å². The third kappa shape index (κ3) is 4.12. The Kier molecular flexibility index (Phi) is 5.40. The molecule has 1 aromatic heterocycles. The Bertz CT molecular complexity index is 881. The Labute approximate surface area is 152 Å². The van der Waals surface area contributed by atoms with Crippen molar-refractivity contribution >= 4 is 15.9 Å². The first-order chi connectivity index (χ1) is 12.4. The molecule has 140 valence electrons. The van der Waals surface area contributed by atoms with Crippen LogP contribution in [-0.4, -0.2) is 38.7 Å². The highest BCUT2D eigenvalue weighted by Crippen LogP contribution is 2.15. The maximum Gasteiger partial charge on any atom is 0.251 e. The summed E-state index contributed by atoms with van der Waals surface area (Å²) in [5.41, 5.74) is 1.79. The van der Waals surface area contributed by atoms with Gasteiger partial charge in [-0.15, -0.1) is 0 Å². The largest absolute Gasteiger partial charge is 0.380 e. The van der Waals surface area contributed by atoms with Crippen molar-refractivity contribution in [2.45, 2.75) is 37.8 Å². The van der Waals surface area contributed by atoms with E-state index in [2.05, 4.69) is 15.2 Å². The highest BCUT2D eigenvalue weighted by atomic mass is 32.2. The lowest BCUT2D eigenvalue weighted by Gasteiger charge is -2.12. The number of hydrogen-bond donors (Lipinski definition) is 2. The molecule has 26 heavy (non-hydrogen) atoms. The highest BCUT2D eigenvalue weighted by molar-refractivity contribution is 7.89. The van der Waals surface area contributed by atoms with E-state index in [9.17, 15) is 13.2 Å². The molecule has 1 aliphatic heterocycles. The molecular weight excluding hydrogens is 358 g/mol. The minimum absolute atomic E-state index is 0.0504. The second-order valence-electron chi connectivity index (χ2n) is 6.20. The number of sulfonamides is 1. The lowest BCUT2D eigenvalue weighted by molar-refractivity contribution is 0.0950. The van der Waals surface area contributed by atoms with Crippen molar-refractivity contribution in [1.82, 2.24) is 15.2 Å². The summed E-state index contributed by atoms with van der Waals surface area (Å²) in [6.07, 6.45) is 0.636. The van der Waals surface area contributed by atoms with E-state index in [1.807, 2.05) is 0 Å². The van der Waals surface area contributed by atoms with Gasteiger partial charge in [0.05, 0.1) is 17.2 Å². The number of nitrogens with zero attached hydrogens (tertiary/aromatic N) is 1. The number of amides is 1. The van der Waals surface area contributed by atoms with Gasteiger partial charge in [0, 0.05) is 30.3 Å². The Balaban J connectivity index is 1.70. The average molecular weight is 379 g/mol. The molecule has 9 heteroatoms. The zero-order valence-corrected chi connectivity index (χ0v) is 15.4. The molecular formula is C17H21N3O5S. The van der Waals surface area contributed by atoms with Crippen LogP contribution >= 0.6 is 0 Å². The minimum atomic E-state index is -3.71. The van der Waals surface area contributed by atoms with Crippen molar-refractivity contribution in [2.24, 2.45) is 0 Å². The Morgan fingerprint density at radius 2 is 2.15 bits per heavy atom. The van der Waals surface area contributed by atoms with Gasteiger partial charge in [-0.25, -0.2) is 13.1 Å². The van der Waals surface area contributed by atoms with Crippen molar-refractivity contribution < 1.29 is 22.5 Å². The normalized spacial score (nSPS) is 17.4. The highest BCUT2D eigenvalue weighted by Gasteiger charge is 2.24. The fraction of sp³-hybridized carbons (Fsp3) is 0.412. The summed E-state index contributed by atoms with van der Waals surface area (Å²) in [6.45, 7) is 4.72. The van der Waals surface area contributed by atoms with Crippen LogP contribution in [0.15, 0.2) is 33.7 Å². The lowest BCUT2D eigenvalue weighted by Crippen LogP contribution is -2.35. The van der Waals surface area contributed by atoms with Crippen molar-refractivity contribution in [3.8, 4) is 0 Å². The molecule has 1 amide bonds. The number of hydrogen-bond acceptors (Lipinski definition) is 6. The monoisotopic (exact) mass is 379 g/mol. The second-order valence-corrected chi connectivity index (χ2v) is 7.91. The maximum atomic E-state index is 12.5. The van der Waals surface area contributed by atoms with Gasteiger partial charge in [0.15, 0.2) is 0 Å². The van der Waals surface area contributed by atoms with E-state index in [1.54, 1.807) is 26.0 Å². The smallest absolute Gasteiger partial charge is 0.251 e. The molecule has 0 bridgehead atoms. The second kappa shape index (κ2) is 7.56. The van der Waals surface area contributed by atoms with E-state index in [4.69, 9.17) is 9.26 Å². The van der Waals surface area contributed by atoms with Gasteiger partial charge in [0.1, 0.15) is 5.76 Å². The molecule has 3 rings (SSSR count). The van der Waals surface area contributed by atoms with Gasteiger partial charge in [0.25, 0.3) is 5.91 Å². The molecule has 1 atom stereocenters. The van der Waals surface area contributed by atoms with E-state index in [-0.39, 0.29) is 29.0 Å². The van der Waals surface area contributed by atoms with Gasteiger partial charge in [-0.2, -0.15) is 0 Å². The predicted molar refractivity (Wildman–Crippen MR) is 93.1 cm³/mol. The molecule has 0 saturated carbocycles. The standard InChI is InChI=1S/C17H21N3O5S/c1-11-16(12(2)25-19-11)9-18-17(21)13-4-3-5-15(8-13)26(22,23)20-14-6-7-24-10-14/h3-5,8,14,20H,6-7,9-10H2,1-2H3,(H,18,21). The predicted octanol–water partition coefficient (Wildman–Crippen LogP) is 1.29. The molecule has 0 radical (unpaired) electrons. The van der Waals surface area contributed by atoms with E-state index < -0.39 is 10.0 Å². The molecule has 2 N–H and O–H groups in total. The van der Waals surface area contributed by atoms with E-state index >= 15 is 0 Å². The van der Waals surface area contributed by atoms with Crippen LogP contribution in [0.25, 0.3) is 0 Å². The summed E-state index contributed by atoms with van der Waals surface area (Å²) >= 11 is 0. The number of rotatable bonds is 6. The number of benzene rings is 1. The number of aryl methyl sites for hydroxylation is 2. The van der Waals surface area contributed by atoms with Crippen LogP contribution in [0.1, 0.15) is 33.8 Å². The molecule has 2 aromatic rings. The fourth-order valence-corrected chi connectivity index (χ4v) is 4.05. The minimum Gasteiger partial charge on any atom is -0.380 e. The van der Waals surface area contributed by atoms with E-state index in [1.165, 1.54) is 12.1 Å². The van der Waals surface area contributed by atoms with Gasteiger partial charge in [0.2, 0.25) is 10.0 Å². The quantitative estimate of drug-likeness (QED) is 0.782. The molecule has 0 aliphatic carbocycles. The zero-order valence-electron chi connectivity index (χ0n) is 14.6. The lowest BCUT2D eigenvalue weighted by atomic mass is 10.2. The Morgan fingerprint density at radius 1 is 1.35 bits per heavy atom. The first-order valence-corrected chi connectivity index (χ1v) is 9.75. The number of aromatic nitrogens is 1. The number of ether oxygens (including phenoxy) is 1. The zero-order chi connectivity index (χ0) is 18.7. The van der Waals surface area contributed by atoms with Gasteiger partial charge in [-0.05, 0) is 38.5 Å². The van der Waals surface area contributed by atoms with Gasteiger partial charge in [-0.3, -0.25) is 4.79 Å². The van der Waals surface area contributed by atoms with Gasteiger partial charge < -0.3 is 14.6 Å². The van der Waals surface area contributed by atoms with E-state index in [0.29, 0.717) is 31.1 Å². The Morgan fingerprint density at radius 3 is 2.81 bits per heavy atom. The van der Waals surface area contributed by atoms with Gasteiger partial charge >= 0.3 is 0 Å². The van der Waals surface area contributed by atoms with Crippen molar-refractivity contribution in [1.29, 1.82) is 0 Å². The van der Waals surface area contributed by atoms with Crippen LogP contribution in [0.2, 0.25) is 0 Å². The van der Waals surface area contributed by atoms with Crippen LogP contribution in [-0.2, 0) is 21.3 Å². The van der Waals surface area contributed by atoms with Crippen LogP contribution in [0.5, 0.6) is 0 Å². The maximum absolute atomic E-state index is 12.5. The summed E-state index contributed by atoms with van der Waals surface area (Å²) in [4.78, 5) is 12.4. The molecule has 8 nitrogen and oxygen atoms in total. The molecule has 1 aromatic carbocycles. The SMILES string of the molecule is Cc1noc(C)c1CNC(=O)c1cccc(S(=O)(=O)NC2CCOC2)c1.